The van der Waals surface area contributed by atoms with Gasteiger partial charge in [0.15, 0.2) is 0 Å². The Balaban J connectivity index is 1.84. The smallest absolute Gasteiger partial charge is 0.237 e. The third kappa shape index (κ3) is 4.31. The monoisotopic (exact) mass is 317 g/mol. The van der Waals surface area contributed by atoms with E-state index in [1.54, 1.807) is 13.8 Å². The van der Waals surface area contributed by atoms with Crippen LogP contribution in [0, 0.1) is 0 Å². The van der Waals surface area contributed by atoms with E-state index in [1.165, 1.54) is 19.4 Å². The van der Waals surface area contributed by atoms with Crippen molar-refractivity contribution in [2.24, 2.45) is 4.99 Å². The number of sulfonamides is 1. The molecule has 0 radical (unpaired) electrons. The van der Waals surface area contributed by atoms with Gasteiger partial charge in [0.2, 0.25) is 16.0 Å². The van der Waals surface area contributed by atoms with E-state index in [0.29, 0.717) is 25.3 Å². The number of rotatable bonds is 5. The Morgan fingerprint density at radius 3 is 2.81 bits per heavy atom. The summed E-state index contributed by atoms with van der Waals surface area (Å²) in [4.78, 5) is 9.01. The van der Waals surface area contributed by atoms with Crippen LogP contribution >= 0.6 is 0 Å². The fraction of sp³-hybridized carbons (Fsp3) is 0.923. The van der Waals surface area contributed by atoms with Gasteiger partial charge in [0.05, 0.1) is 18.6 Å². The third-order valence-electron chi connectivity index (χ3n) is 4.13. The van der Waals surface area contributed by atoms with Crippen molar-refractivity contribution in [3.05, 3.63) is 0 Å². The van der Waals surface area contributed by atoms with Crippen molar-refractivity contribution < 1.29 is 8.42 Å². The van der Waals surface area contributed by atoms with Crippen LogP contribution in [-0.4, -0.2) is 68.4 Å². The molecule has 0 aromatic heterocycles. The maximum absolute atomic E-state index is 11.8. The van der Waals surface area contributed by atoms with Crippen LogP contribution in [0.2, 0.25) is 0 Å². The molecule has 0 aliphatic carbocycles. The van der Waals surface area contributed by atoms with Crippen molar-refractivity contribution >= 4 is 16.0 Å². The Morgan fingerprint density at radius 2 is 2.24 bits per heavy atom. The molecule has 2 heterocycles. The molecule has 8 heteroatoms. The van der Waals surface area contributed by atoms with Crippen LogP contribution in [0.4, 0.5) is 0 Å². The molecule has 0 bridgehead atoms. The second-order valence-corrected chi connectivity index (χ2v) is 8.19. The molecule has 1 fully saturated rings. The lowest BCUT2D eigenvalue weighted by molar-refractivity contribution is 0.172. The van der Waals surface area contributed by atoms with Crippen molar-refractivity contribution in [3.8, 4) is 0 Å². The molecule has 0 aromatic carbocycles. The van der Waals surface area contributed by atoms with Crippen LogP contribution in [0.3, 0.4) is 0 Å². The molecule has 2 N–H and O–H groups in total. The van der Waals surface area contributed by atoms with Gasteiger partial charge in [0.1, 0.15) is 0 Å². The second-order valence-electron chi connectivity index (χ2n) is 5.96. The molecule has 21 heavy (non-hydrogen) atoms. The fourth-order valence-electron chi connectivity index (χ4n) is 2.72. The number of aliphatic imine (C=N–C) groups is 1. The number of likely N-dealkylation sites (N-methyl/N-ethyl adjacent to an activating group) is 1. The molecule has 0 saturated carbocycles. The van der Waals surface area contributed by atoms with Gasteiger partial charge in [-0.2, -0.15) is 0 Å². The molecule has 0 unspecified atom stereocenters. The summed E-state index contributed by atoms with van der Waals surface area (Å²) in [6.45, 7) is 9.93. The number of hydrogen-bond donors (Lipinski definition) is 2. The van der Waals surface area contributed by atoms with E-state index in [-0.39, 0.29) is 0 Å². The van der Waals surface area contributed by atoms with Gasteiger partial charge in [-0.05, 0) is 39.8 Å². The van der Waals surface area contributed by atoms with Crippen molar-refractivity contribution in [1.29, 1.82) is 0 Å². The van der Waals surface area contributed by atoms with E-state index in [4.69, 9.17) is 0 Å². The molecule has 1 saturated heterocycles. The zero-order chi connectivity index (χ0) is 15.5. The Morgan fingerprint density at radius 1 is 1.48 bits per heavy atom. The lowest BCUT2D eigenvalue weighted by Gasteiger charge is -2.32. The van der Waals surface area contributed by atoms with E-state index in [2.05, 4.69) is 31.8 Å². The highest BCUT2D eigenvalue weighted by molar-refractivity contribution is 7.90. The Kier molecular flexibility index (Phi) is 5.45. The molecule has 0 spiro atoms. The van der Waals surface area contributed by atoms with Crippen molar-refractivity contribution in [1.82, 2.24) is 19.8 Å². The molecule has 7 nitrogen and oxygen atoms in total. The number of likely N-dealkylation sites (tertiary alicyclic amines) is 1. The average Bonchev–Trinajstić information content (AvgIpc) is 2.87. The van der Waals surface area contributed by atoms with Gasteiger partial charge < -0.3 is 5.32 Å². The average molecular weight is 317 g/mol. The first-order valence-corrected chi connectivity index (χ1v) is 9.23. The van der Waals surface area contributed by atoms with Crippen molar-refractivity contribution in [2.45, 2.75) is 44.9 Å². The Labute approximate surface area is 127 Å². The molecule has 2 aliphatic rings. The molecular weight excluding hydrogens is 290 g/mol. The number of guanidine groups is 1. The first-order chi connectivity index (χ1) is 9.92. The van der Waals surface area contributed by atoms with Gasteiger partial charge in [0.25, 0.3) is 0 Å². The van der Waals surface area contributed by atoms with Crippen LogP contribution < -0.4 is 10.0 Å². The molecule has 122 valence electrons. The molecular formula is C13H27N5O2S. The van der Waals surface area contributed by atoms with E-state index in [1.807, 2.05) is 0 Å². The number of nitrogens with one attached hydrogen (secondary N) is 2. The van der Waals surface area contributed by atoms with E-state index in [9.17, 15) is 8.42 Å². The third-order valence-corrected chi connectivity index (χ3v) is 5.85. The summed E-state index contributed by atoms with van der Waals surface area (Å²) >= 11 is 0. The summed E-state index contributed by atoms with van der Waals surface area (Å²) in [5, 5.41) is 2.59. The zero-order valence-electron chi connectivity index (χ0n) is 13.2. The SMILES string of the molecule is CCN1CCC[C@@H]1CN1CN=C(NS(=O)(=O)C(C)C)NC1. The van der Waals surface area contributed by atoms with E-state index < -0.39 is 15.3 Å². The van der Waals surface area contributed by atoms with Gasteiger partial charge in [-0.25, -0.2) is 13.4 Å². The summed E-state index contributed by atoms with van der Waals surface area (Å²) in [5.41, 5.74) is 0. The minimum Gasteiger partial charge on any atom is -0.343 e. The zero-order valence-corrected chi connectivity index (χ0v) is 14.0. The quantitative estimate of drug-likeness (QED) is 0.745. The van der Waals surface area contributed by atoms with Gasteiger partial charge >= 0.3 is 0 Å². The predicted molar refractivity (Wildman–Crippen MR) is 84.5 cm³/mol. The topological polar surface area (TPSA) is 77.0 Å². The summed E-state index contributed by atoms with van der Waals surface area (Å²) in [6.07, 6.45) is 2.50. The summed E-state index contributed by atoms with van der Waals surface area (Å²) in [7, 11) is -3.32. The first-order valence-electron chi connectivity index (χ1n) is 7.68. The van der Waals surface area contributed by atoms with Crippen LogP contribution in [0.25, 0.3) is 0 Å². The van der Waals surface area contributed by atoms with Gasteiger partial charge in [-0.15, -0.1) is 0 Å². The summed E-state index contributed by atoms with van der Waals surface area (Å²) < 4.78 is 26.1. The van der Waals surface area contributed by atoms with Crippen LogP contribution in [0.1, 0.15) is 33.6 Å². The highest BCUT2D eigenvalue weighted by atomic mass is 32.2. The molecule has 0 aromatic rings. The van der Waals surface area contributed by atoms with Crippen LogP contribution in [0.5, 0.6) is 0 Å². The van der Waals surface area contributed by atoms with E-state index in [0.717, 1.165) is 13.1 Å². The van der Waals surface area contributed by atoms with Crippen molar-refractivity contribution in [3.63, 3.8) is 0 Å². The minimum absolute atomic E-state index is 0.360. The number of nitrogens with zero attached hydrogens (tertiary/aromatic N) is 3. The van der Waals surface area contributed by atoms with Gasteiger partial charge in [-0.1, -0.05) is 6.92 Å². The summed E-state index contributed by atoms with van der Waals surface area (Å²) in [6, 6.07) is 0.598. The molecule has 2 rings (SSSR count). The lowest BCUT2D eigenvalue weighted by Crippen LogP contribution is -2.53. The Hall–Kier alpha value is -0.860. The predicted octanol–water partition coefficient (Wildman–Crippen LogP) is -0.0253. The van der Waals surface area contributed by atoms with Crippen LogP contribution in [-0.2, 0) is 10.0 Å². The lowest BCUT2D eigenvalue weighted by atomic mass is 10.2. The van der Waals surface area contributed by atoms with Gasteiger partial charge in [-0.3, -0.25) is 14.5 Å². The van der Waals surface area contributed by atoms with Gasteiger partial charge in [0, 0.05) is 12.6 Å². The fourth-order valence-corrected chi connectivity index (χ4v) is 3.36. The first kappa shape index (κ1) is 16.5. The Bertz CT molecular complexity index is 477. The standard InChI is InChI=1S/C13H27N5O2S/c1-4-18-7-5-6-12(18)8-17-9-14-13(15-10-17)16-21(19,20)11(2)3/h11-12H,4-10H2,1-3H3,(H2,14,15,16)/t12-/m1/s1. The molecule has 1 atom stereocenters. The second kappa shape index (κ2) is 6.93. The maximum atomic E-state index is 11.8. The minimum atomic E-state index is -3.32. The number of hydrogen-bond acceptors (Lipinski definition) is 6. The molecule has 2 aliphatic heterocycles. The largest absolute Gasteiger partial charge is 0.343 e. The highest BCUT2D eigenvalue weighted by Gasteiger charge is 2.26. The summed E-state index contributed by atoms with van der Waals surface area (Å²) in [5.74, 6) is 0.360. The maximum Gasteiger partial charge on any atom is 0.237 e. The van der Waals surface area contributed by atoms with Crippen LogP contribution in [0.15, 0.2) is 4.99 Å². The van der Waals surface area contributed by atoms with Crippen molar-refractivity contribution in [2.75, 3.05) is 33.0 Å². The molecule has 0 amide bonds. The normalized spacial score (nSPS) is 25.0. The van der Waals surface area contributed by atoms with E-state index >= 15 is 0 Å². The highest BCUT2D eigenvalue weighted by Crippen LogP contribution is 2.17.